The second-order valence-electron chi connectivity index (χ2n) is 5.10. The molecule has 0 aliphatic heterocycles. The van der Waals surface area contributed by atoms with Crippen molar-refractivity contribution in [2.45, 2.75) is 12.8 Å². The molecule has 3 aromatic rings. The van der Waals surface area contributed by atoms with Crippen LogP contribution >= 0.6 is 0 Å². The normalized spacial score (nSPS) is 10.7. The molecule has 0 saturated carbocycles. The third-order valence-electron chi connectivity index (χ3n) is 3.46. The highest BCUT2D eigenvalue weighted by Crippen LogP contribution is 2.06. The standard InChI is InChI=1S/C17H14FN3O2/c18-13-8-5-12(6-9-13)7-10-16(22)20-21-11-19-15-4-2-1-3-14(15)17(21)23/h1-6,8-9,11H,7,10H2,(H,20,22). The molecule has 0 unspecified atom stereocenters. The highest BCUT2D eigenvalue weighted by atomic mass is 19.1. The number of hydrogen-bond donors (Lipinski definition) is 1. The lowest BCUT2D eigenvalue weighted by molar-refractivity contribution is -0.117. The highest BCUT2D eigenvalue weighted by molar-refractivity contribution is 5.84. The number of aryl methyl sites for hydroxylation is 1. The maximum Gasteiger partial charge on any atom is 0.280 e. The first kappa shape index (κ1) is 14.9. The Morgan fingerprint density at radius 2 is 1.87 bits per heavy atom. The van der Waals surface area contributed by atoms with Crippen LogP contribution < -0.4 is 11.0 Å². The SMILES string of the molecule is O=C(CCc1ccc(F)cc1)Nn1cnc2ccccc2c1=O. The zero-order valence-electron chi connectivity index (χ0n) is 12.2. The number of amides is 1. The maximum absolute atomic E-state index is 12.8. The first-order chi connectivity index (χ1) is 11.1. The molecule has 3 rings (SSSR count). The zero-order chi connectivity index (χ0) is 16.2. The summed E-state index contributed by atoms with van der Waals surface area (Å²) in [5.74, 6) is -0.625. The van der Waals surface area contributed by atoms with Crippen LogP contribution in [-0.2, 0) is 11.2 Å². The fourth-order valence-electron chi connectivity index (χ4n) is 2.25. The summed E-state index contributed by atoms with van der Waals surface area (Å²) in [5.41, 5.74) is 3.62. The van der Waals surface area contributed by atoms with E-state index in [4.69, 9.17) is 0 Å². The van der Waals surface area contributed by atoms with E-state index in [1.54, 1.807) is 36.4 Å². The van der Waals surface area contributed by atoms with Crippen LogP contribution in [0.2, 0.25) is 0 Å². The van der Waals surface area contributed by atoms with Gasteiger partial charge >= 0.3 is 0 Å². The van der Waals surface area contributed by atoms with E-state index in [1.165, 1.54) is 18.5 Å². The van der Waals surface area contributed by atoms with Crippen molar-refractivity contribution in [2.24, 2.45) is 0 Å². The molecule has 0 bridgehead atoms. The van der Waals surface area contributed by atoms with E-state index in [0.29, 0.717) is 17.3 Å². The maximum atomic E-state index is 12.8. The number of halogens is 1. The molecule has 23 heavy (non-hydrogen) atoms. The van der Waals surface area contributed by atoms with Gasteiger partial charge < -0.3 is 0 Å². The average molecular weight is 311 g/mol. The summed E-state index contributed by atoms with van der Waals surface area (Å²) in [5, 5.41) is 0.439. The molecule has 0 fully saturated rings. The van der Waals surface area contributed by atoms with Gasteiger partial charge in [-0.05, 0) is 36.2 Å². The lowest BCUT2D eigenvalue weighted by Crippen LogP contribution is -2.33. The number of benzene rings is 2. The molecular formula is C17H14FN3O2. The van der Waals surface area contributed by atoms with E-state index < -0.39 is 0 Å². The molecule has 0 spiro atoms. The van der Waals surface area contributed by atoms with Gasteiger partial charge in [0.15, 0.2) is 0 Å². The van der Waals surface area contributed by atoms with E-state index in [0.717, 1.165) is 10.2 Å². The Labute approximate surface area is 131 Å². The van der Waals surface area contributed by atoms with Gasteiger partial charge in [0.25, 0.3) is 5.56 Å². The van der Waals surface area contributed by atoms with Crippen LogP contribution in [0.1, 0.15) is 12.0 Å². The minimum atomic E-state index is -0.328. The second kappa shape index (κ2) is 6.39. The van der Waals surface area contributed by atoms with Crippen molar-refractivity contribution in [1.29, 1.82) is 0 Å². The topological polar surface area (TPSA) is 64.0 Å². The van der Waals surface area contributed by atoms with Crippen LogP contribution in [0, 0.1) is 5.82 Å². The fourth-order valence-corrected chi connectivity index (χ4v) is 2.25. The molecule has 6 heteroatoms. The molecule has 116 valence electrons. The van der Waals surface area contributed by atoms with Crippen molar-refractivity contribution in [3.63, 3.8) is 0 Å². The predicted molar refractivity (Wildman–Crippen MR) is 85.1 cm³/mol. The Morgan fingerprint density at radius 3 is 2.65 bits per heavy atom. The molecule has 5 nitrogen and oxygen atoms in total. The number of fused-ring (bicyclic) bond motifs is 1. The number of nitrogens with zero attached hydrogens (tertiary/aromatic N) is 2. The van der Waals surface area contributed by atoms with Gasteiger partial charge in [-0.1, -0.05) is 24.3 Å². The van der Waals surface area contributed by atoms with Crippen LogP contribution in [0.4, 0.5) is 4.39 Å². The van der Waals surface area contributed by atoms with Gasteiger partial charge in [-0.2, -0.15) is 0 Å². The van der Waals surface area contributed by atoms with Gasteiger partial charge in [0.1, 0.15) is 12.1 Å². The summed E-state index contributed by atoms with van der Waals surface area (Å²) in [6.45, 7) is 0. The van der Waals surface area contributed by atoms with Crippen LogP contribution in [0.5, 0.6) is 0 Å². The van der Waals surface area contributed by atoms with E-state index >= 15 is 0 Å². The van der Waals surface area contributed by atoms with Gasteiger partial charge in [-0.15, -0.1) is 0 Å². The Hall–Kier alpha value is -3.02. The van der Waals surface area contributed by atoms with Gasteiger partial charge in [-0.3, -0.25) is 15.0 Å². The molecule has 1 N–H and O–H groups in total. The Bertz CT molecular complexity index is 904. The summed E-state index contributed by atoms with van der Waals surface area (Å²) in [6.07, 6.45) is 1.94. The van der Waals surface area contributed by atoms with Gasteiger partial charge in [0.05, 0.1) is 10.9 Å². The molecule has 0 aliphatic rings. The van der Waals surface area contributed by atoms with Crippen molar-refractivity contribution in [1.82, 2.24) is 9.66 Å². The highest BCUT2D eigenvalue weighted by Gasteiger charge is 2.07. The molecule has 1 heterocycles. The fraction of sp³-hybridized carbons (Fsp3) is 0.118. The molecule has 0 radical (unpaired) electrons. The van der Waals surface area contributed by atoms with E-state index in [-0.39, 0.29) is 23.7 Å². The van der Waals surface area contributed by atoms with Crippen LogP contribution in [0.3, 0.4) is 0 Å². The summed E-state index contributed by atoms with van der Waals surface area (Å²) >= 11 is 0. The molecule has 1 aromatic heterocycles. The van der Waals surface area contributed by atoms with Crippen LogP contribution in [-0.4, -0.2) is 15.6 Å². The first-order valence-corrected chi connectivity index (χ1v) is 7.14. The van der Waals surface area contributed by atoms with Gasteiger partial charge in [-0.25, -0.2) is 14.1 Å². The largest absolute Gasteiger partial charge is 0.280 e. The second-order valence-corrected chi connectivity index (χ2v) is 5.10. The first-order valence-electron chi connectivity index (χ1n) is 7.14. The Balaban J connectivity index is 1.69. The van der Waals surface area contributed by atoms with Crippen molar-refractivity contribution < 1.29 is 9.18 Å². The summed E-state index contributed by atoms with van der Waals surface area (Å²) in [7, 11) is 0. The van der Waals surface area contributed by atoms with Gasteiger partial charge in [0.2, 0.25) is 5.91 Å². The van der Waals surface area contributed by atoms with Crippen molar-refractivity contribution in [3.05, 3.63) is 76.6 Å². The minimum absolute atomic E-state index is 0.185. The van der Waals surface area contributed by atoms with Crippen molar-refractivity contribution in [3.8, 4) is 0 Å². The van der Waals surface area contributed by atoms with Crippen molar-refractivity contribution in [2.75, 3.05) is 5.43 Å². The zero-order valence-corrected chi connectivity index (χ0v) is 12.2. The molecule has 1 amide bonds. The van der Waals surface area contributed by atoms with E-state index in [9.17, 15) is 14.0 Å². The summed E-state index contributed by atoms with van der Waals surface area (Å²) in [4.78, 5) is 28.3. The molecule has 0 aliphatic carbocycles. The lowest BCUT2D eigenvalue weighted by atomic mass is 10.1. The number of para-hydroxylation sites is 1. The summed E-state index contributed by atoms with van der Waals surface area (Å²) in [6, 6.07) is 12.9. The van der Waals surface area contributed by atoms with Crippen LogP contribution in [0.15, 0.2) is 59.7 Å². The molecular weight excluding hydrogens is 297 g/mol. The lowest BCUT2D eigenvalue weighted by Gasteiger charge is -2.08. The number of aromatic nitrogens is 2. The number of carbonyl (C=O) groups is 1. The summed E-state index contributed by atoms with van der Waals surface area (Å²) < 4.78 is 13.9. The number of hydrogen-bond acceptors (Lipinski definition) is 3. The Morgan fingerprint density at radius 1 is 1.13 bits per heavy atom. The quantitative estimate of drug-likeness (QED) is 0.803. The third kappa shape index (κ3) is 3.42. The van der Waals surface area contributed by atoms with E-state index in [2.05, 4.69) is 10.4 Å². The molecule has 2 aromatic carbocycles. The average Bonchev–Trinajstić information content (AvgIpc) is 2.57. The minimum Gasteiger partial charge on any atom is -0.273 e. The third-order valence-corrected chi connectivity index (χ3v) is 3.46. The van der Waals surface area contributed by atoms with Crippen molar-refractivity contribution >= 4 is 16.8 Å². The predicted octanol–water partition coefficient (Wildman–Crippen LogP) is 2.24. The number of carbonyl (C=O) groups excluding carboxylic acids is 1. The Kier molecular flexibility index (Phi) is 4.14. The van der Waals surface area contributed by atoms with Crippen LogP contribution in [0.25, 0.3) is 10.9 Å². The number of rotatable bonds is 4. The molecule has 0 saturated heterocycles. The monoisotopic (exact) mass is 311 g/mol. The molecule has 0 atom stereocenters. The van der Waals surface area contributed by atoms with E-state index in [1.807, 2.05) is 0 Å². The number of nitrogens with one attached hydrogen (secondary N) is 1. The van der Waals surface area contributed by atoms with Gasteiger partial charge in [0, 0.05) is 6.42 Å². The smallest absolute Gasteiger partial charge is 0.273 e.